The Bertz CT molecular complexity index is 152. The molecule has 0 saturated carbocycles. The van der Waals surface area contributed by atoms with Crippen molar-refractivity contribution in [1.82, 2.24) is 10.2 Å². The molecule has 98 valence electrons. The van der Waals surface area contributed by atoms with Crippen LogP contribution in [0.5, 0.6) is 0 Å². The van der Waals surface area contributed by atoms with E-state index in [0.717, 1.165) is 32.8 Å². The molecule has 2 N–H and O–H groups in total. The summed E-state index contributed by atoms with van der Waals surface area (Å²) in [5, 5.41) is 13.1. The van der Waals surface area contributed by atoms with Crippen molar-refractivity contribution in [3.63, 3.8) is 0 Å². The zero-order chi connectivity index (χ0) is 12.4. The van der Waals surface area contributed by atoms with Gasteiger partial charge in [-0.15, -0.1) is 0 Å². The van der Waals surface area contributed by atoms with Gasteiger partial charge in [0.05, 0.1) is 6.10 Å². The summed E-state index contributed by atoms with van der Waals surface area (Å²) in [7, 11) is 1.71. The van der Waals surface area contributed by atoms with E-state index in [1.54, 1.807) is 7.11 Å². The van der Waals surface area contributed by atoms with Crippen LogP contribution in [-0.2, 0) is 4.74 Å². The average molecular weight is 232 g/mol. The van der Waals surface area contributed by atoms with Crippen molar-refractivity contribution < 1.29 is 9.84 Å². The molecule has 0 aliphatic rings. The van der Waals surface area contributed by atoms with Crippen LogP contribution in [0.3, 0.4) is 0 Å². The van der Waals surface area contributed by atoms with Gasteiger partial charge < -0.3 is 20.1 Å². The monoisotopic (exact) mass is 232 g/mol. The van der Waals surface area contributed by atoms with Crippen LogP contribution in [-0.4, -0.2) is 62.6 Å². The van der Waals surface area contributed by atoms with Crippen LogP contribution in [0.4, 0.5) is 0 Å². The van der Waals surface area contributed by atoms with E-state index in [9.17, 15) is 5.11 Å². The molecule has 16 heavy (non-hydrogen) atoms. The zero-order valence-electron chi connectivity index (χ0n) is 11.2. The van der Waals surface area contributed by atoms with Crippen LogP contribution < -0.4 is 5.32 Å². The molecule has 0 bridgehead atoms. The lowest BCUT2D eigenvalue weighted by Crippen LogP contribution is -2.39. The van der Waals surface area contributed by atoms with Crippen molar-refractivity contribution >= 4 is 0 Å². The van der Waals surface area contributed by atoms with E-state index >= 15 is 0 Å². The summed E-state index contributed by atoms with van der Waals surface area (Å²) < 4.78 is 5.05. The highest BCUT2D eigenvalue weighted by Crippen LogP contribution is 1.94. The van der Waals surface area contributed by atoms with E-state index in [2.05, 4.69) is 31.0 Å². The summed E-state index contributed by atoms with van der Waals surface area (Å²) >= 11 is 0. The number of rotatable bonds is 10. The zero-order valence-corrected chi connectivity index (χ0v) is 11.2. The lowest BCUT2D eigenvalue weighted by atomic mass is 10.2. The molecule has 2 unspecified atom stereocenters. The number of ether oxygens (including phenoxy) is 1. The van der Waals surface area contributed by atoms with Crippen LogP contribution in [0.1, 0.15) is 20.8 Å². The Morgan fingerprint density at radius 2 is 1.88 bits per heavy atom. The summed E-state index contributed by atoms with van der Waals surface area (Å²) in [6.07, 6.45) is -0.283. The largest absolute Gasteiger partial charge is 0.390 e. The maximum absolute atomic E-state index is 9.79. The summed E-state index contributed by atoms with van der Waals surface area (Å²) in [5.41, 5.74) is 0. The van der Waals surface area contributed by atoms with Gasteiger partial charge in [0.15, 0.2) is 0 Å². The molecular weight excluding hydrogens is 204 g/mol. The van der Waals surface area contributed by atoms with Crippen molar-refractivity contribution in [1.29, 1.82) is 0 Å². The quantitative estimate of drug-likeness (QED) is 0.578. The van der Waals surface area contributed by atoms with Crippen LogP contribution >= 0.6 is 0 Å². The molecule has 0 fully saturated rings. The van der Waals surface area contributed by atoms with Gasteiger partial charge in [-0.3, -0.25) is 0 Å². The highest BCUT2D eigenvalue weighted by Gasteiger charge is 2.09. The van der Waals surface area contributed by atoms with Crippen LogP contribution in [0.2, 0.25) is 0 Å². The molecule has 0 heterocycles. The first-order valence-electron chi connectivity index (χ1n) is 6.24. The van der Waals surface area contributed by atoms with E-state index in [0.29, 0.717) is 12.5 Å². The fourth-order valence-electron chi connectivity index (χ4n) is 1.68. The molecule has 4 nitrogen and oxygen atoms in total. The number of nitrogens with zero attached hydrogens (tertiary/aromatic N) is 1. The molecule has 0 radical (unpaired) electrons. The molecule has 0 aliphatic heterocycles. The first kappa shape index (κ1) is 15.8. The Morgan fingerprint density at radius 3 is 2.38 bits per heavy atom. The van der Waals surface area contributed by atoms with Gasteiger partial charge >= 0.3 is 0 Å². The lowest BCUT2D eigenvalue weighted by Gasteiger charge is -2.22. The second kappa shape index (κ2) is 10.0. The molecular formula is C12H28N2O2. The second-order valence-electron chi connectivity index (χ2n) is 4.36. The average Bonchev–Trinajstić information content (AvgIpc) is 2.26. The molecule has 0 aliphatic carbocycles. The SMILES string of the molecule is CCN(CC)CC(O)CNCC(C)COC. The molecule has 2 atom stereocenters. The molecule has 0 aromatic carbocycles. The second-order valence-corrected chi connectivity index (χ2v) is 4.36. The van der Waals surface area contributed by atoms with Gasteiger partial charge in [0.2, 0.25) is 0 Å². The molecule has 0 rings (SSSR count). The van der Waals surface area contributed by atoms with Crippen LogP contribution in [0, 0.1) is 5.92 Å². The van der Waals surface area contributed by atoms with Gasteiger partial charge in [0, 0.05) is 26.8 Å². The lowest BCUT2D eigenvalue weighted by molar-refractivity contribution is 0.112. The van der Waals surface area contributed by atoms with Crippen LogP contribution in [0.15, 0.2) is 0 Å². The van der Waals surface area contributed by atoms with Crippen molar-refractivity contribution in [2.45, 2.75) is 26.9 Å². The van der Waals surface area contributed by atoms with Crippen LogP contribution in [0.25, 0.3) is 0 Å². The number of nitrogens with one attached hydrogen (secondary N) is 1. The van der Waals surface area contributed by atoms with Crippen molar-refractivity contribution in [2.24, 2.45) is 5.92 Å². The maximum atomic E-state index is 9.79. The third kappa shape index (κ3) is 8.05. The topological polar surface area (TPSA) is 44.7 Å². The van der Waals surface area contributed by atoms with E-state index < -0.39 is 0 Å². The van der Waals surface area contributed by atoms with E-state index in [1.807, 2.05) is 0 Å². The Kier molecular flexibility index (Phi) is 9.92. The highest BCUT2D eigenvalue weighted by atomic mass is 16.5. The van der Waals surface area contributed by atoms with Gasteiger partial charge in [-0.05, 0) is 25.6 Å². The van der Waals surface area contributed by atoms with Gasteiger partial charge in [-0.1, -0.05) is 20.8 Å². The van der Waals surface area contributed by atoms with E-state index in [-0.39, 0.29) is 6.10 Å². The number of hydrogen-bond donors (Lipinski definition) is 2. The summed E-state index contributed by atoms with van der Waals surface area (Å²) in [6.45, 7) is 11.4. The number of methoxy groups -OCH3 is 1. The Labute approximate surface area is 100.0 Å². The normalized spacial score (nSPS) is 15.4. The fraction of sp³-hybridized carbons (Fsp3) is 1.00. The molecule has 0 aromatic rings. The van der Waals surface area contributed by atoms with Gasteiger partial charge in [-0.25, -0.2) is 0 Å². The standard InChI is InChI=1S/C12H28N2O2/c1-5-14(6-2)9-12(15)8-13-7-11(3)10-16-4/h11-13,15H,5-10H2,1-4H3. The fourth-order valence-corrected chi connectivity index (χ4v) is 1.68. The minimum Gasteiger partial charge on any atom is -0.390 e. The first-order valence-corrected chi connectivity index (χ1v) is 6.24. The maximum Gasteiger partial charge on any atom is 0.0791 e. The third-order valence-electron chi connectivity index (χ3n) is 2.69. The van der Waals surface area contributed by atoms with E-state index in [4.69, 9.17) is 4.74 Å². The molecule has 0 aromatic heterocycles. The Hall–Kier alpha value is -0.160. The van der Waals surface area contributed by atoms with Gasteiger partial charge in [0.1, 0.15) is 0 Å². The third-order valence-corrected chi connectivity index (χ3v) is 2.69. The Balaban J connectivity index is 3.53. The number of likely N-dealkylation sites (N-methyl/N-ethyl adjacent to an activating group) is 1. The smallest absolute Gasteiger partial charge is 0.0791 e. The first-order chi connectivity index (χ1) is 7.63. The van der Waals surface area contributed by atoms with Gasteiger partial charge in [0.25, 0.3) is 0 Å². The summed E-state index contributed by atoms with van der Waals surface area (Å²) in [4.78, 5) is 2.23. The van der Waals surface area contributed by atoms with Crippen molar-refractivity contribution in [3.8, 4) is 0 Å². The summed E-state index contributed by atoms with van der Waals surface area (Å²) in [6, 6.07) is 0. The predicted octanol–water partition coefficient (Wildman–Crippen LogP) is 0.561. The van der Waals surface area contributed by atoms with Crippen molar-refractivity contribution in [3.05, 3.63) is 0 Å². The highest BCUT2D eigenvalue weighted by molar-refractivity contribution is 4.66. The van der Waals surface area contributed by atoms with Crippen molar-refractivity contribution in [2.75, 3.05) is 46.4 Å². The summed E-state index contributed by atoms with van der Waals surface area (Å²) in [5.74, 6) is 0.491. The number of aliphatic hydroxyl groups is 1. The van der Waals surface area contributed by atoms with E-state index in [1.165, 1.54) is 0 Å². The molecule has 0 amide bonds. The molecule has 0 spiro atoms. The number of aliphatic hydroxyl groups excluding tert-OH is 1. The Morgan fingerprint density at radius 1 is 1.25 bits per heavy atom. The minimum atomic E-state index is -0.283. The predicted molar refractivity (Wildman–Crippen MR) is 67.7 cm³/mol. The van der Waals surface area contributed by atoms with Gasteiger partial charge in [-0.2, -0.15) is 0 Å². The molecule has 0 saturated heterocycles. The molecule has 4 heteroatoms. The number of hydrogen-bond acceptors (Lipinski definition) is 4. The minimum absolute atomic E-state index is 0.283.